The molecule has 0 saturated heterocycles. The standard InChI is InChI=1S/C14H19FN2O/c15-11-7-12(16)9-13(8-11)17-14(18)6-10-4-2-1-3-5-10/h7-10H,1-6,16H2,(H,17,18). The van der Waals surface area contributed by atoms with Crippen molar-refractivity contribution in [3.8, 4) is 0 Å². The first-order valence-corrected chi connectivity index (χ1v) is 6.49. The lowest BCUT2D eigenvalue weighted by Gasteiger charge is -2.20. The average molecular weight is 250 g/mol. The number of nitrogens with two attached hydrogens (primary N) is 1. The van der Waals surface area contributed by atoms with Gasteiger partial charge in [0, 0.05) is 17.8 Å². The third kappa shape index (κ3) is 3.72. The molecule has 1 aromatic rings. The van der Waals surface area contributed by atoms with Crippen LogP contribution in [0.2, 0.25) is 0 Å². The van der Waals surface area contributed by atoms with Crippen molar-refractivity contribution in [1.29, 1.82) is 0 Å². The second-order valence-electron chi connectivity index (χ2n) is 5.03. The normalized spacial score (nSPS) is 16.5. The van der Waals surface area contributed by atoms with Gasteiger partial charge < -0.3 is 11.1 Å². The Hall–Kier alpha value is -1.58. The van der Waals surface area contributed by atoms with E-state index in [0.29, 0.717) is 23.7 Å². The van der Waals surface area contributed by atoms with Crippen LogP contribution in [0.25, 0.3) is 0 Å². The van der Waals surface area contributed by atoms with Gasteiger partial charge in [-0.2, -0.15) is 0 Å². The molecule has 0 atom stereocenters. The van der Waals surface area contributed by atoms with Gasteiger partial charge in [-0.25, -0.2) is 4.39 Å². The molecule has 0 bridgehead atoms. The molecule has 3 nitrogen and oxygen atoms in total. The zero-order valence-electron chi connectivity index (χ0n) is 10.4. The van der Waals surface area contributed by atoms with Gasteiger partial charge in [0.25, 0.3) is 0 Å². The van der Waals surface area contributed by atoms with E-state index in [4.69, 9.17) is 5.73 Å². The van der Waals surface area contributed by atoms with Gasteiger partial charge in [0.2, 0.25) is 5.91 Å². The Morgan fingerprint density at radius 1 is 1.28 bits per heavy atom. The highest BCUT2D eigenvalue weighted by Gasteiger charge is 2.17. The summed E-state index contributed by atoms with van der Waals surface area (Å²) in [7, 11) is 0. The Balaban J connectivity index is 1.89. The molecular weight excluding hydrogens is 231 g/mol. The van der Waals surface area contributed by atoms with Gasteiger partial charge in [-0.05, 0) is 37.0 Å². The fourth-order valence-electron chi connectivity index (χ4n) is 2.55. The van der Waals surface area contributed by atoms with E-state index in [1.807, 2.05) is 0 Å². The minimum Gasteiger partial charge on any atom is -0.399 e. The third-order valence-corrected chi connectivity index (χ3v) is 3.40. The topological polar surface area (TPSA) is 55.1 Å². The van der Waals surface area contributed by atoms with Gasteiger partial charge in [0.15, 0.2) is 0 Å². The maximum absolute atomic E-state index is 13.1. The SMILES string of the molecule is Nc1cc(F)cc(NC(=O)CC2CCCCC2)c1. The monoisotopic (exact) mass is 250 g/mol. The number of anilines is 2. The number of rotatable bonds is 3. The minimum atomic E-state index is -0.428. The lowest BCUT2D eigenvalue weighted by molar-refractivity contribution is -0.117. The number of halogens is 1. The third-order valence-electron chi connectivity index (χ3n) is 3.40. The van der Waals surface area contributed by atoms with E-state index in [2.05, 4.69) is 5.32 Å². The number of amides is 1. The Labute approximate surface area is 107 Å². The Bertz CT molecular complexity index is 408. The zero-order chi connectivity index (χ0) is 13.0. The molecule has 1 aromatic carbocycles. The molecule has 18 heavy (non-hydrogen) atoms. The van der Waals surface area contributed by atoms with Crippen LogP contribution in [0, 0.1) is 11.7 Å². The summed E-state index contributed by atoms with van der Waals surface area (Å²) in [6.07, 6.45) is 6.47. The van der Waals surface area contributed by atoms with E-state index < -0.39 is 5.82 Å². The van der Waals surface area contributed by atoms with Crippen molar-refractivity contribution >= 4 is 17.3 Å². The Morgan fingerprint density at radius 2 is 2.00 bits per heavy atom. The van der Waals surface area contributed by atoms with Crippen molar-refractivity contribution in [3.05, 3.63) is 24.0 Å². The molecule has 0 heterocycles. The van der Waals surface area contributed by atoms with Gasteiger partial charge in [-0.1, -0.05) is 19.3 Å². The molecule has 1 fully saturated rings. The zero-order valence-corrected chi connectivity index (χ0v) is 10.4. The second kappa shape index (κ2) is 5.85. The Morgan fingerprint density at radius 3 is 2.67 bits per heavy atom. The van der Waals surface area contributed by atoms with Crippen LogP contribution >= 0.6 is 0 Å². The van der Waals surface area contributed by atoms with Gasteiger partial charge in [-0.15, -0.1) is 0 Å². The van der Waals surface area contributed by atoms with Crippen LogP contribution in [0.15, 0.2) is 18.2 Å². The van der Waals surface area contributed by atoms with Gasteiger partial charge in [0.1, 0.15) is 5.82 Å². The van der Waals surface area contributed by atoms with Crippen molar-refractivity contribution in [2.24, 2.45) is 5.92 Å². The van der Waals surface area contributed by atoms with E-state index in [-0.39, 0.29) is 5.91 Å². The van der Waals surface area contributed by atoms with Crippen molar-refractivity contribution in [2.75, 3.05) is 11.1 Å². The minimum absolute atomic E-state index is 0.0492. The Kier molecular flexibility index (Phi) is 4.18. The highest BCUT2D eigenvalue weighted by atomic mass is 19.1. The first kappa shape index (κ1) is 12.9. The van der Waals surface area contributed by atoms with E-state index in [0.717, 1.165) is 12.8 Å². The van der Waals surface area contributed by atoms with Crippen LogP contribution in [-0.2, 0) is 4.79 Å². The lowest BCUT2D eigenvalue weighted by atomic mass is 9.87. The van der Waals surface area contributed by atoms with Crippen LogP contribution < -0.4 is 11.1 Å². The molecule has 0 radical (unpaired) electrons. The quantitative estimate of drug-likeness (QED) is 0.808. The number of hydrogen-bond donors (Lipinski definition) is 2. The maximum Gasteiger partial charge on any atom is 0.224 e. The molecule has 0 aliphatic heterocycles. The molecule has 1 aliphatic rings. The van der Waals surface area contributed by atoms with E-state index >= 15 is 0 Å². The van der Waals surface area contributed by atoms with Crippen LogP contribution in [-0.4, -0.2) is 5.91 Å². The van der Waals surface area contributed by atoms with Crippen LogP contribution in [0.4, 0.5) is 15.8 Å². The summed E-state index contributed by atoms with van der Waals surface area (Å²) in [4.78, 5) is 11.8. The van der Waals surface area contributed by atoms with Crippen molar-refractivity contribution in [2.45, 2.75) is 38.5 Å². The van der Waals surface area contributed by atoms with Crippen molar-refractivity contribution < 1.29 is 9.18 Å². The first-order chi connectivity index (χ1) is 8.63. The lowest BCUT2D eigenvalue weighted by Crippen LogP contribution is -2.18. The molecule has 1 amide bonds. The van der Waals surface area contributed by atoms with Crippen molar-refractivity contribution in [1.82, 2.24) is 0 Å². The van der Waals surface area contributed by atoms with Crippen LogP contribution in [0.3, 0.4) is 0 Å². The molecule has 0 aromatic heterocycles. The largest absolute Gasteiger partial charge is 0.399 e. The molecule has 0 spiro atoms. The summed E-state index contributed by atoms with van der Waals surface area (Å²) in [5, 5.41) is 2.71. The molecule has 2 rings (SSSR count). The summed E-state index contributed by atoms with van der Waals surface area (Å²) < 4.78 is 13.1. The smallest absolute Gasteiger partial charge is 0.224 e. The number of benzene rings is 1. The highest BCUT2D eigenvalue weighted by Crippen LogP contribution is 2.26. The van der Waals surface area contributed by atoms with Crippen LogP contribution in [0.5, 0.6) is 0 Å². The molecule has 1 saturated carbocycles. The fraction of sp³-hybridized carbons (Fsp3) is 0.500. The molecule has 4 heteroatoms. The predicted molar refractivity (Wildman–Crippen MR) is 70.6 cm³/mol. The summed E-state index contributed by atoms with van der Waals surface area (Å²) >= 11 is 0. The van der Waals surface area contributed by atoms with Gasteiger partial charge in [-0.3, -0.25) is 4.79 Å². The van der Waals surface area contributed by atoms with Crippen LogP contribution in [0.1, 0.15) is 38.5 Å². The first-order valence-electron chi connectivity index (χ1n) is 6.49. The molecule has 3 N–H and O–H groups in total. The highest BCUT2D eigenvalue weighted by molar-refractivity contribution is 5.91. The molecule has 1 aliphatic carbocycles. The predicted octanol–water partition coefficient (Wildman–Crippen LogP) is 3.32. The van der Waals surface area contributed by atoms with E-state index in [1.54, 1.807) is 6.07 Å². The number of hydrogen-bond acceptors (Lipinski definition) is 2. The van der Waals surface area contributed by atoms with E-state index in [1.165, 1.54) is 31.4 Å². The maximum atomic E-state index is 13.1. The van der Waals surface area contributed by atoms with Gasteiger partial charge in [0.05, 0.1) is 0 Å². The van der Waals surface area contributed by atoms with Gasteiger partial charge >= 0.3 is 0 Å². The number of carbonyl (C=O) groups excluding carboxylic acids is 1. The summed E-state index contributed by atoms with van der Waals surface area (Å²) in [6, 6.07) is 4.09. The number of carbonyl (C=O) groups is 1. The second-order valence-corrected chi connectivity index (χ2v) is 5.03. The van der Waals surface area contributed by atoms with E-state index in [9.17, 15) is 9.18 Å². The molecule has 0 unspecified atom stereocenters. The number of nitrogen functional groups attached to an aromatic ring is 1. The summed E-state index contributed by atoms with van der Waals surface area (Å²) in [6.45, 7) is 0. The average Bonchev–Trinajstić information content (AvgIpc) is 2.28. The number of nitrogens with one attached hydrogen (secondary N) is 1. The van der Waals surface area contributed by atoms with Crippen molar-refractivity contribution in [3.63, 3.8) is 0 Å². The summed E-state index contributed by atoms with van der Waals surface area (Å²) in [5.41, 5.74) is 6.29. The molecule has 98 valence electrons. The summed E-state index contributed by atoms with van der Waals surface area (Å²) in [5.74, 6) is -0.000442. The fourth-order valence-corrected chi connectivity index (χ4v) is 2.55. The molecular formula is C14H19FN2O.